The van der Waals surface area contributed by atoms with Crippen molar-refractivity contribution in [1.82, 2.24) is 0 Å². The summed E-state index contributed by atoms with van der Waals surface area (Å²) in [6.45, 7) is 4.74. The Labute approximate surface area is 119 Å². The minimum Gasteiger partial charge on any atom is -0.350 e. The van der Waals surface area contributed by atoms with E-state index < -0.39 is 15.6 Å². The Hall–Kier alpha value is -1.24. The summed E-state index contributed by atoms with van der Waals surface area (Å²) in [4.78, 5) is 4.51. The first kappa shape index (κ1) is 15.2. The van der Waals surface area contributed by atoms with E-state index in [0.717, 1.165) is 0 Å². The van der Waals surface area contributed by atoms with Gasteiger partial charge in [-0.05, 0) is 26.0 Å². The maximum Gasteiger partial charge on any atom is 0.177 e. The van der Waals surface area contributed by atoms with E-state index in [-0.39, 0.29) is 10.8 Å². The number of benzene rings is 1. The second-order valence-corrected chi connectivity index (χ2v) is 7.28. The van der Waals surface area contributed by atoms with Gasteiger partial charge in [0, 0.05) is 18.4 Å². The summed E-state index contributed by atoms with van der Waals surface area (Å²) in [5.74, 6) is -0.537. The van der Waals surface area contributed by atoms with Gasteiger partial charge in [0.15, 0.2) is 15.6 Å². The maximum atomic E-state index is 11.7. The van der Waals surface area contributed by atoms with Crippen molar-refractivity contribution in [3.8, 4) is 0 Å². The van der Waals surface area contributed by atoms with E-state index in [1.54, 1.807) is 30.5 Å². The van der Waals surface area contributed by atoms with Gasteiger partial charge in [-0.2, -0.15) is 0 Å². The molecule has 0 bridgehead atoms. The van der Waals surface area contributed by atoms with Crippen LogP contribution in [0.4, 0.5) is 5.69 Å². The average molecular weight is 297 g/mol. The number of ether oxygens (including phenoxy) is 2. The third-order valence-electron chi connectivity index (χ3n) is 2.98. The lowest BCUT2D eigenvalue weighted by atomic mass is 10.1. The first-order valence-corrected chi connectivity index (χ1v) is 8.28. The quantitative estimate of drug-likeness (QED) is 0.802. The predicted molar refractivity (Wildman–Crippen MR) is 77.2 cm³/mol. The van der Waals surface area contributed by atoms with Gasteiger partial charge < -0.3 is 9.47 Å². The molecule has 1 aromatic carbocycles. The molecule has 0 amide bonds. The number of aliphatic imine (C=N–C) groups is 1. The first-order valence-electron chi connectivity index (χ1n) is 6.39. The highest BCUT2D eigenvalue weighted by Gasteiger charge is 2.27. The number of para-hydroxylation sites is 1. The standard InChI is InChI=1S/C14H19NO4S/c1-14(2)18-9-11(10-19-14)8-15-12-6-4-5-7-13(12)20(3,16)17/h4-8,11H,9-10H2,1-3H3. The third kappa shape index (κ3) is 3.88. The molecule has 5 nitrogen and oxygen atoms in total. The molecule has 2 rings (SSSR count). The summed E-state index contributed by atoms with van der Waals surface area (Å²) in [6, 6.07) is 6.68. The molecular weight excluding hydrogens is 278 g/mol. The molecule has 0 N–H and O–H groups in total. The van der Waals surface area contributed by atoms with Crippen molar-refractivity contribution >= 4 is 21.7 Å². The van der Waals surface area contributed by atoms with Crippen molar-refractivity contribution in [3.63, 3.8) is 0 Å². The fraction of sp³-hybridized carbons (Fsp3) is 0.500. The molecule has 0 spiro atoms. The van der Waals surface area contributed by atoms with Crippen LogP contribution in [0, 0.1) is 5.92 Å². The molecule has 6 heteroatoms. The monoisotopic (exact) mass is 297 g/mol. The Morgan fingerprint density at radius 3 is 2.45 bits per heavy atom. The van der Waals surface area contributed by atoms with Crippen LogP contribution in [0.1, 0.15) is 13.8 Å². The molecule has 1 heterocycles. The van der Waals surface area contributed by atoms with Gasteiger partial charge in [0.05, 0.1) is 23.8 Å². The summed E-state index contributed by atoms with van der Waals surface area (Å²) in [7, 11) is -3.28. The van der Waals surface area contributed by atoms with E-state index in [9.17, 15) is 8.42 Å². The molecule has 1 aromatic rings. The Kier molecular flexibility index (Phi) is 4.27. The van der Waals surface area contributed by atoms with Crippen LogP contribution in [0.3, 0.4) is 0 Å². The Morgan fingerprint density at radius 1 is 1.25 bits per heavy atom. The largest absolute Gasteiger partial charge is 0.350 e. The van der Waals surface area contributed by atoms with E-state index in [0.29, 0.717) is 18.9 Å². The molecule has 20 heavy (non-hydrogen) atoms. The zero-order chi connectivity index (χ0) is 14.8. The molecule has 0 unspecified atom stereocenters. The molecule has 1 aliphatic heterocycles. The lowest BCUT2D eigenvalue weighted by Gasteiger charge is -2.33. The van der Waals surface area contributed by atoms with Gasteiger partial charge in [0.25, 0.3) is 0 Å². The zero-order valence-electron chi connectivity index (χ0n) is 11.9. The van der Waals surface area contributed by atoms with Gasteiger partial charge in [-0.1, -0.05) is 12.1 Å². The van der Waals surface area contributed by atoms with Crippen molar-refractivity contribution in [2.24, 2.45) is 10.9 Å². The topological polar surface area (TPSA) is 65.0 Å². The van der Waals surface area contributed by atoms with Crippen molar-refractivity contribution in [1.29, 1.82) is 0 Å². The number of sulfone groups is 1. The number of hydrogen-bond acceptors (Lipinski definition) is 5. The Balaban J connectivity index is 2.13. The minimum absolute atomic E-state index is 0.0237. The Bertz CT molecular complexity index is 597. The van der Waals surface area contributed by atoms with Crippen LogP contribution in [0.15, 0.2) is 34.2 Å². The van der Waals surface area contributed by atoms with Gasteiger partial charge in [0.2, 0.25) is 0 Å². The summed E-state index contributed by atoms with van der Waals surface area (Å²) >= 11 is 0. The number of rotatable bonds is 3. The van der Waals surface area contributed by atoms with Gasteiger partial charge >= 0.3 is 0 Å². The second kappa shape index (κ2) is 5.63. The van der Waals surface area contributed by atoms with Gasteiger partial charge in [-0.15, -0.1) is 0 Å². The first-order chi connectivity index (χ1) is 9.28. The minimum atomic E-state index is -3.28. The maximum absolute atomic E-state index is 11.7. The average Bonchev–Trinajstić information content (AvgIpc) is 2.37. The van der Waals surface area contributed by atoms with E-state index in [4.69, 9.17) is 9.47 Å². The van der Waals surface area contributed by atoms with Crippen molar-refractivity contribution in [2.75, 3.05) is 19.5 Å². The van der Waals surface area contributed by atoms with E-state index >= 15 is 0 Å². The fourth-order valence-corrected chi connectivity index (χ4v) is 2.68. The molecule has 1 fully saturated rings. The molecule has 110 valence electrons. The molecule has 0 aliphatic carbocycles. The van der Waals surface area contributed by atoms with Crippen molar-refractivity contribution in [2.45, 2.75) is 24.5 Å². The normalized spacial score (nSPS) is 20.4. The van der Waals surface area contributed by atoms with E-state index in [1.807, 2.05) is 13.8 Å². The van der Waals surface area contributed by atoms with Crippen LogP contribution in [0.5, 0.6) is 0 Å². The molecular formula is C14H19NO4S. The summed E-state index contributed by atoms with van der Waals surface area (Å²) < 4.78 is 34.4. The van der Waals surface area contributed by atoms with Crippen LogP contribution in [0.2, 0.25) is 0 Å². The van der Waals surface area contributed by atoms with Crippen LogP contribution in [-0.4, -0.2) is 39.9 Å². The van der Waals surface area contributed by atoms with E-state index in [1.165, 1.54) is 6.26 Å². The fourth-order valence-electron chi connectivity index (χ4n) is 1.85. The number of hydrogen-bond donors (Lipinski definition) is 0. The summed E-state index contributed by atoms with van der Waals surface area (Å²) in [6.07, 6.45) is 2.87. The predicted octanol–water partition coefficient (Wildman–Crippen LogP) is 2.19. The molecule has 1 aliphatic rings. The molecule has 1 saturated heterocycles. The zero-order valence-corrected chi connectivity index (χ0v) is 12.7. The Morgan fingerprint density at radius 2 is 1.85 bits per heavy atom. The van der Waals surface area contributed by atoms with Gasteiger partial charge in [-0.3, -0.25) is 4.99 Å². The number of nitrogens with zero attached hydrogens (tertiary/aromatic N) is 1. The molecule has 0 aromatic heterocycles. The molecule has 0 radical (unpaired) electrons. The summed E-state index contributed by atoms with van der Waals surface area (Å²) in [5.41, 5.74) is 0.444. The van der Waals surface area contributed by atoms with E-state index in [2.05, 4.69) is 4.99 Å². The van der Waals surface area contributed by atoms with Gasteiger partial charge in [0.1, 0.15) is 0 Å². The van der Waals surface area contributed by atoms with Crippen molar-refractivity contribution < 1.29 is 17.9 Å². The lowest BCUT2D eigenvalue weighted by molar-refractivity contribution is -0.253. The van der Waals surface area contributed by atoms with Crippen molar-refractivity contribution in [3.05, 3.63) is 24.3 Å². The molecule has 0 saturated carbocycles. The highest BCUT2D eigenvalue weighted by atomic mass is 32.2. The smallest absolute Gasteiger partial charge is 0.177 e. The van der Waals surface area contributed by atoms with Crippen LogP contribution in [-0.2, 0) is 19.3 Å². The lowest BCUT2D eigenvalue weighted by Crippen LogP contribution is -2.39. The SMILES string of the molecule is CC1(C)OCC(C=Nc2ccccc2S(C)(=O)=O)CO1. The molecule has 0 atom stereocenters. The highest BCUT2D eigenvalue weighted by Crippen LogP contribution is 2.24. The second-order valence-electron chi connectivity index (χ2n) is 5.30. The highest BCUT2D eigenvalue weighted by molar-refractivity contribution is 7.90. The van der Waals surface area contributed by atoms with Crippen LogP contribution >= 0.6 is 0 Å². The van der Waals surface area contributed by atoms with Crippen LogP contribution < -0.4 is 0 Å². The summed E-state index contributed by atoms with van der Waals surface area (Å²) in [5, 5.41) is 0. The van der Waals surface area contributed by atoms with Gasteiger partial charge in [-0.25, -0.2) is 8.42 Å². The third-order valence-corrected chi connectivity index (χ3v) is 4.12. The van der Waals surface area contributed by atoms with Crippen LogP contribution in [0.25, 0.3) is 0 Å².